The molecule has 35 heavy (non-hydrogen) atoms. The van der Waals surface area contributed by atoms with Crippen LogP contribution < -0.4 is 16.2 Å². The molecule has 4 N–H and O–H groups in total. The Labute approximate surface area is 214 Å². The SMILES string of the molecule is CCCC(C(=O)c1nc(Cl)cc(OC[C@@H]2CCCN2C)n1)=C(N)[C@H]1CCCc2sc(N)c(C#N)c21. The number of ketones is 1. The van der Waals surface area contributed by atoms with E-state index in [1.54, 1.807) is 0 Å². The first-order chi connectivity index (χ1) is 16.8. The van der Waals surface area contributed by atoms with E-state index in [9.17, 15) is 10.1 Å². The molecule has 0 unspecified atom stereocenters. The molecule has 2 atom stereocenters. The molecule has 2 aromatic rings. The number of hydrogen-bond acceptors (Lipinski definition) is 9. The second-order valence-corrected chi connectivity index (χ2v) is 10.7. The lowest BCUT2D eigenvalue weighted by molar-refractivity contribution is 0.101. The first-order valence-corrected chi connectivity index (χ1v) is 13.2. The fraction of sp³-hybridized carbons (Fsp3) is 0.520. The largest absolute Gasteiger partial charge is 0.476 e. The van der Waals surface area contributed by atoms with Crippen molar-refractivity contribution in [2.75, 3.05) is 25.9 Å². The van der Waals surface area contributed by atoms with Crippen molar-refractivity contribution in [1.82, 2.24) is 14.9 Å². The maximum Gasteiger partial charge on any atom is 0.228 e. The smallest absolute Gasteiger partial charge is 0.228 e. The molecule has 2 aromatic heterocycles. The zero-order chi connectivity index (χ0) is 25.1. The summed E-state index contributed by atoms with van der Waals surface area (Å²) in [5.41, 5.74) is 15.1. The van der Waals surface area contributed by atoms with Crippen molar-refractivity contribution in [3.63, 3.8) is 0 Å². The van der Waals surface area contributed by atoms with Gasteiger partial charge in [0.05, 0.1) is 5.56 Å². The number of nitrogen functional groups attached to an aromatic ring is 1. The van der Waals surface area contributed by atoms with Crippen LogP contribution >= 0.6 is 22.9 Å². The molecule has 1 aliphatic heterocycles. The summed E-state index contributed by atoms with van der Waals surface area (Å²) in [6.07, 6.45) is 5.91. The van der Waals surface area contributed by atoms with Gasteiger partial charge in [0.1, 0.15) is 22.8 Å². The Morgan fingerprint density at radius 3 is 2.86 bits per heavy atom. The van der Waals surface area contributed by atoms with E-state index in [0.717, 1.165) is 55.5 Å². The number of carbonyl (C=O) groups excluding carboxylic acids is 1. The summed E-state index contributed by atoms with van der Waals surface area (Å²) in [7, 11) is 2.07. The number of Topliss-reactive ketones (excluding diaryl/α,β-unsaturated/α-hetero) is 1. The maximum absolute atomic E-state index is 13.6. The molecule has 0 radical (unpaired) electrons. The van der Waals surface area contributed by atoms with Crippen LogP contribution in [0.15, 0.2) is 17.3 Å². The van der Waals surface area contributed by atoms with Crippen molar-refractivity contribution in [3.8, 4) is 11.9 Å². The summed E-state index contributed by atoms with van der Waals surface area (Å²) in [5, 5.41) is 10.4. The monoisotopic (exact) mass is 514 g/mol. The van der Waals surface area contributed by atoms with Crippen LogP contribution in [0.5, 0.6) is 5.88 Å². The van der Waals surface area contributed by atoms with Gasteiger partial charge in [0.25, 0.3) is 0 Å². The molecule has 10 heteroatoms. The number of likely N-dealkylation sites (tertiary alicyclic amines) is 1. The number of carbonyl (C=O) groups is 1. The number of aryl methyl sites for hydroxylation is 1. The van der Waals surface area contributed by atoms with Gasteiger partial charge >= 0.3 is 0 Å². The van der Waals surface area contributed by atoms with Gasteiger partial charge in [-0.1, -0.05) is 24.9 Å². The number of thiophene rings is 1. The molecular formula is C25H31ClN6O2S. The van der Waals surface area contributed by atoms with Crippen molar-refractivity contribution in [2.45, 2.75) is 63.8 Å². The third-order valence-corrected chi connectivity index (χ3v) is 8.16. The van der Waals surface area contributed by atoms with Gasteiger partial charge in [-0.15, -0.1) is 11.3 Å². The summed E-state index contributed by atoms with van der Waals surface area (Å²) in [6, 6.07) is 4.07. The fourth-order valence-corrected chi connectivity index (χ4v) is 6.33. The lowest BCUT2D eigenvalue weighted by Crippen LogP contribution is -2.30. The average molecular weight is 515 g/mol. The number of rotatable bonds is 8. The molecule has 1 fully saturated rings. The molecule has 3 heterocycles. The van der Waals surface area contributed by atoms with E-state index in [1.165, 1.54) is 17.4 Å². The first kappa shape index (κ1) is 25.4. The lowest BCUT2D eigenvalue weighted by atomic mass is 9.80. The Morgan fingerprint density at radius 1 is 1.37 bits per heavy atom. The maximum atomic E-state index is 13.6. The van der Waals surface area contributed by atoms with Gasteiger partial charge in [0.2, 0.25) is 17.5 Å². The standard InChI is InChI=1S/C25H31ClN6O2S/c1-3-6-16(22(28)15-8-4-9-18-21(15)17(12-27)24(29)35-18)23(33)25-30-19(26)11-20(31-25)34-13-14-7-5-10-32(14)2/h11,14-15H,3-10,13,28-29H2,1-2H3/t14-,15-/m0/s1. The Bertz CT molecular complexity index is 1190. The summed E-state index contributed by atoms with van der Waals surface area (Å²) >= 11 is 7.69. The summed E-state index contributed by atoms with van der Waals surface area (Å²) in [4.78, 5) is 25.5. The van der Waals surface area contributed by atoms with Gasteiger partial charge in [-0.3, -0.25) is 4.79 Å². The molecule has 2 aliphatic rings. The minimum absolute atomic E-state index is 0.0277. The highest BCUT2D eigenvalue weighted by molar-refractivity contribution is 7.16. The van der Waals surface area contributed by atoms with E-state index in [1.807, 2.05) is 6.92 Å². The van der Waals surface area contributed by atoms with Gasteiger partial charge in [-0.25, -0.2) is 4.98 Å². The zero-order valence-corrected chi connectivity index (χ0v) is 21.7. The molecule has 0 aromatic carbocycles. The number of likely N-dealkylation sites (N-methyl/N-ethyl adjacent to an activating group) is 1. The normalized spacial score (nSPS) is 20.7. The quantitative estimate of drug-likeness (QED) is 0.300. The van der Waals surface area contributed by atoms with Crippen molar-refractivity contribution in [3.05, 3.63) is 44.3 Å². The topological polar surface area (TPSA) is 131 Å². The Kier molecular flexibility index (Phi) is 7.95. The van der Waals surface area contributed by atoms with E-state index in [2.05, 4.69) is 28.0 Å². The minimum Gasteiger partial charge on any atom is -0.476 e. The van der Waals surface area contributed by atoms with Crippen LogP contribution in [0.3, 0.4) is 0 Å². The molecule has 4 rings (SSSR count). The molecule has 8 nitrogen and oxygen atoms in total. The van der Waals surface area contributed by atoms with Crippen LogP contribution in [-0.2, 0) is 6.42 Å². The highest BCUT2D eigenvalue weighted by Gasteiger charge is 2.32. The van der Waals surface area contributed by atoms with E-state index >= 15 is 0 Å². The first-order valence-electron chi connectivity index (χ1n) is 12.1. The van der Waals surface area contributed by atoms with Gasteiger partial charge in [-0.05, 0) is 57.7 Å². The van der Waals surface area contributed by atoms with Crippen LogP contribution in [0.25, 0.3) is 0 Å². The third-order valence-electron chi connectivity index (χ3n) is 6.87. The Morgan fingerprint density at radius 2 is 2.17 bits per heavy atom. The van der Waals surface area contributed by atoms with E-state index < -0.39 is 0 Å². The van der Waals surface area contributed by atoms with Gasteiger partial charge < -0.3 is 21.1 Å². The number of allylic oxidation sites excluding steroid dienone is 2. The van der Waals surface area contributed by atoms with Crippen molar-refractivity contribution in [2.24, 2.45) is 5.73 Å². The second kappa shape index (κ2) is 10.9. The molecule has 186 valence electrons. The third kappa shape index (κ3) is 5.30. The van der Waals surface area contributed by atoms with E-state index in [-0.39, 0.29) is 28.6 Å². The average Bonchev–Trinajstić information content (AvgIpc) is 3.40. The molecule has 0 saturated carbocycles. The number of anilines is 1. The summed E-state index contributed by atoms with van der Waals surface area (Å²) in [5.74, 6) is -0.343. The minimum atomic E-state index is -0.358. The molecule has 0 amide bonds. The number of aromatic nitrogens is 2. The highest BCUT2D eigenvalue weighted by atomic mass is 35.5. The Balaban J connectivity index is 1.65. The zero-order valence-electron chi connectivity index (χ0n) is 20.1. The van der Waals surface area contributed by atoms with E-state index in [0.29, 0.717) is 40.9 Å². The van der Waals surface area contributed by atoms with Crippen molar-refractivity contribution in [1.29, 1.82) is 5.26 Å². The molecular weight excluding hydrogens is 484 g/mol. The van der Waals surface area contributed by atoms with Crippen LogP contribution in [-0.4, -0.2) is 46.9 Å². The number of ether oxygens (including phenoxy) is 1. The number of halogens is 1. The predicted molar refractivity (Wildman–Crippen MR) is 138 cm³/mol. The van der Waals surface area contributed by atoms with E-state index in [4.69, 9.17) is 27.8 Å². The Hall–Kier alpha value is -2.67. The molecule has 0 bridgehead atoms. The number of hydrogen-bond donors (Lipinski definition) is 2. The van der Waals surface area contributed by atoms with Crippen LogP contribution in [0.2, 0.25) is 5.15 Å². The molecule has 0 spiro atoms. The fourth-order valence-electron chi connectivity index (χ4n) is 5.03. The van der Waals surface area contributed by atoms with Crippen LogP contribution in [0.1, 0.15) is 78.0 Å². The number of fused-ring (bicyclic) bond motifs is 1. The summed E-state index contributed by atoms with van der Waals surface area (Å²) < 4.78 is 5.90. The number of nitrogens with two attached hydrogens (primary N) is 2. The lowest BCUT2D eigenvalue weighted by Gasteiger charge is -2.25. The van der Waals surface area contributed by atoms with Gasteiger partial charge in [0.15, 0.2) is 0 Å². The van der Waals surface area contributed by atoms with Crippen LogP contribution in [0.4, 0.5) is 5.00 Å². The van der Waals surface area contributed by atoms with Crippen LogP contribution in [0, 0.1) is 11.3 Å². The van der Waals surface area contributed by atoms with Crippen molar-refractivity contribution >= 4 is 33.7 Å². The highest BCUT2D eigenvalue weighted by Crippen LogP contribution is 2.45. The van der Waals surface area contributed by atoms with Crippen molar-refractivity contribution < 1.29 is 9.53 Å². The number of nitrogens with zero attached hydrogens (tertiary/aromatic N) is 4. The molecule has 1 saturated heterocycles. The van der Waals surface area contributed by atoms with Gasteiger partial charge in [-0.2, -0.15) is 10.2 Å². The second-order valence-electron chi connectivity index (χ2n) is 9.19. The number of nitriles is 1. The molecule has 1 aliphatic carbocycles. The van der Waals surface area contributed by atoms with Gasteiger partial charge in [0, 0.05) is 34.2 Å². The summed E-state index contributed by atoms with van der Waals surface area (Å²) in [6.45, 7) is 3.50. The predicted octanol–water partition coefficient (Wildman–Crippen LogP) is 4.43.